The number of aromatic nitrogens is 3. The van der Waals surface area contributed by atoms with Crippen molar-refractivity contribution in [2.24, 2.45) is 7.05 Å². The highest BCUT2D eigenvalue weighted by Gasteiger charge is 2.31. The number of likely N-dealkylation sites (N-methyl/N-ethyl adjacent to an activating group) is 1. The van der Waals surface area contributed by atoms with Gasteiger partial charge in [0.05, 0.1) is 28.7 Å². The third kappa shape index (κ3) is 2.74. The van der Waals surface area contributed by atoms with Gasteiger partial charge in [-0.3, -0.25) is 9.48 Å². The number of ether oxygens (including phenoxy) is 1. The molecule has 7 nitrogen and oxygen atoms in total. The van der Waals surface area contributed by atoms with Crippen molar-refractivity contribution in [3.63, 3.8) is 0 Å². The molecule has 0 saturated heterocycles. The Bertz CT molecular complexity index is 1300. The van der Waals surface area contributed by atoms with E-state index in [-0.39, 0.29) is 11.9 Å². The minimum atomic E-state index is -0.137. The summed E-state index contributed by atoms with van der Waals surface area (Å²) in [5, 5.41) is 5.92. The largest absolute Gasteiger partial charge is 0.491 e. The molecule has 29 heavy (non-hydrogen) atoms. The van der Waals surface area contributed by atoms with Gasteiger partial charge in [0.15, 0.2) is 0 Å². The van der Waals surface area contributed by atoms with Gasteiger partial charge in [-0.1, -0.05) is 22.0 Å². The van der Waals surface area contributed by atoms with Crippen LogP contribution < -0.4 is 10.5 Å². The highest BCUT2D eigenvalue weighted by molar-refractivity contribution is 9.10. The highest BCUT2D eigenvalue weighted by atomic mass is 79.9. The van der Waals surface area contributed by atoms with E-state index in [1.165, 1.54) is 0 Å². The van der Waals surface area contributed by atoms with Crippen molar-refractivity contribution in [3.05, 3.63) is 58.2 Å². The van der Waals surface area contributed by atoms with Crippen molar-refractivity contribution in [2.45, 2.75) is 6.04 Å². The van der Waals surface area contributed by atoms with Crippen molar-refractivity contribution in [1.82, 2.24) is 19.7 Å². The van der Waals surface area contributed by atoms with Crippen LogP contribution in [0.15, 0.2) is 47.1 Å². The van der Waals surface area contributed by atoms with Gasteiger partial charge in [-0.2, -0.15) is 5.10 Å². The summed E-state index contributed by atoms with van der Waals surface area (Å²) in [5.41, 5.74) is 9.25. The Hall–Kier alpha value is -3.13. The molecule has 5 rings (SSSR count). The van der Waals surface area contributed by atoms with E-state index in [1.54, 1.807) is 28.9 Å². The van der Waals surface area contributed by atoms with Crippen molar-refractivity contribution in [3.8, 4) is 5.75 Å². The third-order valence-electron chi connectivity index (χ3n) is 5.47. The molecule has 3 heterocycles. The molecule has 1 aliphatic rings. The van der Waals surface area contributed by atoms with Crippen LogP contribution in [0, 0.1) is 0 Å². The molecule has 0 fully saturated rings. The summed E-state index contributed by atoms with van der Waals surface area (Å²) in [6, 6.07) is 11.2. The van der Waals surface area contributed by atoms with Gasteiger partial charge < -0.3 is 15.4 Å². The molecule has 1 atom stereocenters. The lowest BCUT2D eigenvalue weighted by molar-refractivity contribution is 0.0708. The van der Waals surface area contributed by atoms with Crippen molar-refractivity contribution >= 4 is 49.5 Å². The molecule has 0 spiro atoms. The fourth-order valence-electron chi connectivity index (χ4n) is 3.92. The molecule has 2 aromatic heterocycles. The number of nitrogens with two attached hydrogens (primary N) is 1. The van der Waals surface area contributed by atoms with Crippen LogP contribution in [0.25, 0.3) is 21.8 Å². The lowest BCUT2D eigenvalue weighted by atomic mass is 10.0. The fraction of sp³-hybridized carbons (Fsp3) is 0.190. The summed E-state index contributed by atoms with van der Waals surface area (Å²) in [6.45, 7) is 0.436. The van der Waals surface area contributed by atoms with Gasteiger partial charge in [0.2, 0.25) is 0 Å². The van der Waals surface area contributed by atoms with Crippen LogP contribution in [-0.4, -0.2) is 39.2 Å². The number of aryl methyl sites for hydroxylation is 1. The molecule has 0 aliphatic carbocycles. The molecule has 2 N–H and O–H groups in total. The summed E-state index contributed by atoms with van der Waals surface area (Å²) in [7, 11) is 3.66. The monoisotopic (exact) mass is 451 g/mol. The van der Waals surface area contributed by atoms with E-state index in [4.69, 9.17) is 10.5 Å². The van der Waals surface area contributed by atoms with Crippen LogP contribution in [0.2, 0.25) is 0 Å². The Morgan fingerprint density at radius 2 is 2.10 bits per heavy atom. The number of halogens is 1. The first kappa shape index (κ1) is 17.9. The van der Waals surface area contributed by atoms with Crippen LogP contribution in [0.4, 0.5) is 5.82 Å². The second-order valence-corrected chi connectivity index (χ2v) is 8.10. The number of carbonyl (C=O) groups excluding carboxylic acids is 1. The number of fused-ring (bicyclic) bond motifs is 4. The second kappa shape index (κ2) is 6.45. The quantitative estimate of drug-likeness (QED) is 0.502. The zero-order chi connectivity index (χ0) is 20.3. The highest BCUT2D eigenvalue weighted by Crippen LogP contribution is 2.38. The number of nitrogen functional groups attached to an aromatic ring is 1. The smallest absolute Gasteiger partial charge is 0.254 e. The lowest BCUT2D eigenvalue weighted by Crippen LogP contribution is -2.32. The zero-order valence-corrected chi connectivity index (χ0v) is 17.5. The average Bonchev–Trinajstić information content (AvgIpc) is 3.30. The maximum atomic E-state index is 13.3. The first-order valence-electron chi connectivity index (χ1n) is 9.14. The number of rotatable bonds is 2. The van der Waals surface area contributed by atoms with E-state index in [0.29, 0.717) is 18.0 Å². The van der Waals surface area contributed by atoms with E-state index in [0.717, 1.165) is 37.6 Å². The molecule has 1 aliphatic heterocycles. The van der Waals surface area contributed by atoms with Gasteiger partial charge in [0, 0.05) is 35.1 Å². The first-order chi connectivity index (χ1) is 13.9. The predicted molar refractivity (Wildman–Crippen MR) is 115 cm³/mol. The number of hydrogen-bond acceptors (Lipinski definition) is 5. The van der Waals surface area contributed by atoms with Gasteiger partial charge in [-0.05, 0) is 30.3 Å². The van der Waals surface area contributed by atoms with E-state index in [1.807, 2.05) is 37.4 Å². The maximum Gasteiger partial charge on any atom is 0.254 e. The van der Waals surface area contributed by atoms with E-state index >= 15 is 0 Å². The molecule has 1 amide bonds. The molecule has 2 aromatic carbocycles. The number of anilines is 1. The predicted octanol–water partition coefficient (Wildman–Crippen LogP) is 3.67. The molecular formula is C21H18BrN5O2. The van der Waals surface area contributed by atoms with Gasteiger partial charge >= 0.3 is 0 Å². The second-order valence-electron chi connectivity index (χ2n) is 7.18. The molecule has 146 valence electrons. The Morgan fingerprint density at radius 1 is 1.28 bits per heavy atom. The number of nitrogens with zero attached hydrogens (tertiary/aromatic N) is 4. The minimum absolute atomic E-state index is 0.0802. The summed E-state index contributed by atoms with van der Waals surface area (Å²) < 4.78 is 8.49. The Kier molecular flexibility index (Phi) is 3.99. The van der Waals surface area contributed by atoms with Crippen molar-refractivity contribution in [1.29, 1.82) is 0 Å². The van der Waals surface area contributed by atoms with Crippen LogP contribution in [0.1, 0.15) is 22.0 Å². The molecule has 4 aromatic rings. The average molecular weight is 452 g/mol. The summed E-state index contributed by atoms with van der Waals surface area (Å²) in [5.74, 6) is 1.16. The summed E-state index contributed by atoms with van der Waals surface area (Å²) >= 11 is 3.46. The number of amides is 1. The Labute approximate surface area is 175 Å². The molecule has 0 unspecified atom stereocenters. The molecule has 0 radical (unpaired) electrons. The molecule has 8 heteroatoms. The molecular weight excluding hydrogens is 434 g/mol. The SMILES string of the molecule is CN(C(=O)c1ccc2nc(N)c3cnn(C)c3c2c1)[C@@H]1COc2cc(Br)ccc21. The number of pyridine rings is 1. The Morgan fingerprint density at radius 3 is 2.93 bits per heavy atom. The number of benzene rings is 2. The lowest BCUT2D eigenvalue weighted by Gasteiger charge is -2.24. The third-order valence-corrected chi connectivity index (χ3v) is 5.97. The van der Waals surface area contributed by atoms with Gasteiger partial charge in [-0.25, -0.2) is 4.98 Å². The Balaban J connectivity index is 1.56. The van der Waals surface area contributed by atoms with Crippen LogP contribution in [0.3, 0.4) is 0 Å². The standard InChI is InChI=1S/C21H18BrN5O2/c1-26(17-10-29-18-8-12(22)4-5-13(17)18)21(28)11-3-6-16-14(7-11)19-15(20(23)25-16)9-24-27(19)2/h3-9,17H,10H2,1-2H3,(H2,23,25)/t17-/m1/s1. The summed E-state index contributed by atoms with van der Waals surface area (Å²) in [6.07, 6.45) is 1.70. The fourth-order valence-corrected chi connectivity index (χ4v) is 4.26. The van der Waals surface area contributed by atoms with Crippen LogP contribution >= 0.6 is 15.9 Å². The summed E-state index contributed by atoms with van der Waals surface area (Å²) in [4.78, 5) is 19.5. The first-order valence-corrected chi connectivity index (χ1v) is 9.93. The van der Waals surface area contributed by atoms with Crippen molar-refractivity contribution < 1.29 is 9.53 Å². The number of hydrogen-bond donors (Lipinski definition) is 1. The number of carbonyl (C=O) groups is 1. The normalized spacial score (nSPS) is 15.5. The van der Waals surface area contributed by atoms with Crippen molar-refractivity contribution in [2.75, 3.05) is 19.4 Å². The van der Waals surface area contributed by atoms with Gasteiger partial charge in [0.1, 0.15) is 18.2 Å². The molecule has 0 bridgehead atoms. The topological polar surface area (TPSA) is 86.3 Å². The van der Waals surface area contributed by atoms with Crippen LogP contribution in [0.5, 0.6) is 5.75 Å². The van der Waals surface area contributed by atoms with Gasteiger partial charge in [0.25, 0.3) is 5.91 Å². The van der Waals surface area contributed by atoms with Crippen LogP contribution in [-0.2, 0) is 7.05 Å². The van der Waals surface area contributed by atoms with E-state index < -0.39 is 0 Å². The molecule has 0 saturated carbocycles. The maximum absolute atomic E-state index is 13.3. The van der Waals surface area contributed by atoms with E-state index in [2.05, 4.69) is 26.0 Å². The zero-order valence-electron chi connectivity index (χ0n) is 15.9. The van der Waals surface area contributed by atoms with Gasteiger partial charge in [-0.15, -0.1) is 0 Å². The van der Waals surface area contributed by atoms with E-state index in [9.17, 15) is 4.79 Å². The minimum Gasteiger partial charge on any atom is -0.491 e.